The number of nitrogens with zero attached hydrogens (tertiary/aromatic N) is 3. The quantitative estimate of drug-likeness (QED) is 0.580. The zero-order valence-electron chi connectivity index (χ0n) is 16.7. The molecule has 1 aromatic heterocycles. The van der Waals surface area contributed by atoms with E-state index in [0.717, 1.165) is 0 Å². The molecule has 0 spiro atoms. The first-order chi connectivity index (χ1) is 14.5. The lowest BCUT2D eigenvalue weighted by atomic mass is 10.0. The largest absolute Gasteiger partial charge is 0.496 e. The molecule has 0 amide bonds. The Morgan fingerprint density at radius 2 is 1.73 bits per heavy atom. The number of rotatable bonds is 6. The monoisotopic (exact) mass is 405 g/mol. The second-order valence-electron chi connectivity index (χ2n) is 6.16. The van der Waals surface area contributed by atoms with Crippen LogP contribution in [0.5, 0.6) is 5.75 Å². The lowest BCUT2D eigenvalue weighted by Gasteiger charge is -2.08. The van der Waals surface area contributed by atoms with Gasteiger partial charge in [0.2, 0.25) is 0 Å². The molecular weight excluding hydrogens is 386 g/mol. The Labute approximate surface area is 173 Å². The third-order valence-corrected chi connectivity index (χ3v) is 4.48. The Hall–Kier alpha value is -4.12. The molecule has 0 radical (unpaired) electrons. The molecule has 0 aliphatic carbocycles. The smallest absolute Gasteiger partial charge is 0.357 e. The van der Waals surface area contributed by atoms with E-state index >= 15 is 0 Å². The van der Waals surface area contributed by atoms with Crippen molar-refractivity contribution in [3.8, 4) is 28.8 Å². The molecule has 3 rings (SSSR count). The molecule has 152 valence electrons. The maximum absolute atomic E-state index is 12.7. The van der Waals surface area contributed by atoms with Crippen molar-refractivity contribution in [2.75, 3.05) is 21.3 Å². The topological polar surface area (TPSA) is 103 Å². The molecule has 0 saturated carbocycles. The summed E-state index contributed by atoms with van der Waals surface area (Å²) in [5, 5.41) is 13.7. The molecule has 30 heavy (non-hydrogen) atoms. The van der Waals surface area contributed by atoms with Gasteiger partial charge < -0.3 is 14.2 Å². The number of hydrogen-bond acceptors (Lipinski definition) is 7. The Bertz CT molecular complexity index is 1130. The summed E-state index contributed by atoms with van der Waals surface area (Å²) in [6.07, 6.45) is 0.105. The number of para-hydroxylation sites is 1. The van der Waals surface area contributed by atoms with Gasteiger partial charge >= 0.3 is 11.9 Å². The standard InChI is InChI=1S/C22H19N3O5/c1-28-17-10-9-15(13-14(17)11-12-23)19-18(21(26)29-2)20(22(27)30-3)25(24-19)16-7-5-4-6-8-16/h4-10,13H,11H2,1-3H3. The molecule has 0 bridgehead atoms. The fourth-order valence-corrected chi connectivity index (χ4v) is 3.11. The van der Waals surface area contributed by atoms with E-state index in [1.807, 2.05) is 6.07 Å². The van der Waals surface area contributed by atoms with Crippen molar-refractivity contribution in [2.45, 2.75) is 6.42 Å². The summed E-state index contributed by atoms with van der Waals surface area (Å²) in [7, 11) is 3.96. The number of carbonyl (C=O) groups excluding carboxylic acids is 2. The van der Waals surface area contributed by atoms with Gasteiger partial charge in [0, 0.05) is 11.1 Å². The van der Waals surface area contributed by atoms with Crippen LogP contribution in [0.25, 0.3) is 16.9 Å². The molecule has 8 heteroatoms. The van der Waals surface area contributed by atoms with Gasteiger partial charge in [0.15, 0.2) is 5.69 Å². The number of benzene rings is 2. The zero-order chi connectivity index (χ0) is 21.7. The third kappa shape index (κ3) is 3.73. The second-order valence-corrected chi connectivity index (χ2v) is 6.16. The highest BCUT2D eigenvalue weighted by molar-refractivity contribution is 6.06. The predicted octanol–water partition coefficient (Wildman–Crippen LogP) is 3.19. The maximum Gasteiger partial charge on any atom is 0.357 e. The van der Waals surface area contributed by atoms with Crippen LogP contribution in [0.1, 0.15) is 26.4 Å². The Kier molecular flexibility index (Phi) is 6.13. The Morgan fingerprint density at radius 3 is 2.33 bits per heavy atom. The van der Waals surface area contributed by atoms with E-state index in [1.165, 1.54) is 26.0 Å². The predicted molar refractivity (Wildman–Crippen MR) is 108 cm³/mol. The van der Waals surface area contributed by atoms with Crippen molar-refractivity contribution in [1.29, 1.82) is 5.26 Å². The van der Waals surface area contributed by atoms with Crippen LogP contribution in [-0.2, 0) is 15.9 Å². The normalized spacial score (nSPS) is 10.2. The minimum Gasteiger partial charge on any atom is -0.496 e. The van der Waals surface area contributed by atoms with Crippen LogP contribution in [-0.4, -0.2) is 43.0 Å². The summed E-state index contributed by atoms with van der Waals surface area (Å²) < 4.78 is 16.5. The first-order valence-electron chi connectivity index (χ1n) is 8.95. The minimum absolute atomic E-state index is 0.0266. The fourth-order valence-electron chi connectivity index (χ4n) is 3.11. The van der Waals surface area contributed by atoms with Gasteiger partial charge in [0.25, 0.3) is 0 Å². The van der Waals surface area contributed by atoms with E-state index < -0.39 is 11.9 Å². The third-order valence-electron chi connectivity index (χ3n) is 4.48. The summed E-state index contributed by atoms with van der Waals surface area (Å²) in [5.74, 6) is -0.926. The first-order valence-corrected chi connectivity index (χ1v) is 8.95. The first kappa shape index (κ1) is 20.6. The Morgan fingerprint density at radius 1 is 1.03 bits per heavy atom. The van der Waals surface area contributed by atoms with E-state index in [0.29, 0.717) is 22.6 Å². The van der Waals surface area contributed by atoms with Crippen LogP contribution >= 0.6 is 0 Å². The molecule has 2 aromatic carbocycles. The summed E-state index contributed by atoms with van der Waals surface area (Å²) in [4.78, 5) is 25.3. The molecule has 0 aliphatic rings. The van der Waals surface area contributed by atoms with Gasteiger partial charge in [-0.05, 0) is 30.3 Å². The van der Waals surface area contributed by atoms with Crippen molar-refractivity contribution >= 4 is 11.9 Å². The van der Waals surface area contributed by atoms with Gasteiger partial charge in [-0.1, -0.05) is 18.2 Å². The summed E-state index contributed by atoms with van der Waals surface area (Å²) >= 11 is 0. The van der Waals surface area contributed by atoms with Gasteiger partial charge in [0.1, 0.15) is 17.0 Å². The average Bonchev–Trinajstić information content (AvgIpc) is 3.19. The van der Waals surface area contributed by atoms with Crippen LogP contribution in [0, 0.1) is 11.3 Å². The van der Waals surface area contributed by atoms with Gasteiger partial charge in [-0.2, -0.15) is 10.4 Å². The van der Waals surface area contributed by atoms with E-state index in [1.54, 1.807) is 42.5 Å². The molecule has 0 aliphatic heterocycles. The highest BCUT2D eigenvalue weighted by Gasteiger charge is 2.31. The van der Waals surface area contributed by atoms with Gasteiger partial charge in [-0.15, -0.1) is 0 Å². The number of ether oxygens (including phenoxy) is 3. The van der Waals surface area contributed by atoms with Crippen molar-refractivity contribution in [2.24, 2.45) is 0 Å². The molecule has 0 saturated heterocycles. The summed E-state index contributed by atoms with van der Waals surface area (Å²) in [6, 6.07) is 16.1. The van der Waals surface area contributed by atoms with Crippen LogP contribution in [0.4, 0.5) is 0 Å². The zero-order valence-corrected chi connectivity index (χ0v) is 16.7. The number of aromatic nitrogens is 2. The maximum atomic E-state index is 12.7. The van der Waals surface area contributed by atoms with Gasteiger partial charge in [-0.25, -0.2) is 14.3 Å². The molecule has 0 fully saturated rings. The van der Waals surface area contributed by atoms with Crippen molar-refractivity contribution in [3.05, 3.63) is 65.4 Å². The van der Waals surface area contributed by atoms with Crippen molar-refractivity contribution in [3.63, 3.8) is 0 Å². The van der Waals surface area contributed by atoms with Gasteiger partial charge in [0.05, 0.1) is 39.5 Å². The number of carbonyl (C=O) groups is 2. The lowest BCUT2D eigenvalue weighted by molar-refractivity contribution is 0.0549. The molecule has 0 N–H and O–H groups in total. The minimum atomic E-state index is -0.733. The summed E-state index contributed by atoms with van der Waals surface area (Å²) in [6.45, 7) is 0. The molecule has 0 unspecified atom stereocenters. The van der Waals surface area contributed by atoms with Crippen molar-refractivity contribution in [1.82, 2.24) is 9.78 Å². The van der Waals surface area contributed by atoms with Crippen LogP contribution < -0.4 is 4.74 Å². The number of hydrogen-bond donors (Lipinski definition) is 0. The molecule has 3 aromatic rings. The highest BCUT2D eigenvalue weighted by Crippen LogP contribution is 2.32. The fraction of sp³-hybridized carbons (Fsp3) is 0.182. The summed E-state index contributed by atoms with van der Waals surface area (Å²) in [5.41, 5.74) is 1.88. The van der Waals surface area contributed by atoms with E-state index in [4.69, 9.17) is 19.5 Å². The van der Waals surface area contributed by atoms with Crippen LogP contribution in [0.3, 0.4) is 0 Å². The van der Waals surface area contributed by atoms with Crippen LogP contribution in [0.2, 0.25) is 0 Å². The Balaban J connectivity index is 2.33. The van der Waals surface area contributed by atoms with Crippen molar-refractivity contribution < 1.29 is 23.8 Å². The van der Waals surface area contributed by atoms with Gasteiger partial charge in [-0.3, -0.25) is 0 Å². The molecule has 0 atom stereocenters. The average molecular weight is 405 g/mol. The number of methoxy groups -OCH3 is 3. The number of nitriles is 1. The van der Waals surface area contributed by atoms with E-state index in [9.17, 15) is 9.59 Å². The molecule has 1 heterocycles. The second kappa shape index (κ2) is 8.92. The SMILES string of the molecule is COC(=O)c1c(-c2ccc(OC)c(CC#N)c2)nn(-c2ccccc2)c1C(=O)OC. The lowest BCUT2D eigenvalue weighted by Crippen LogP contribution is -2.15. The number of esters is 2. The van der Waals surface area contributed by atoms with Crippen LogP contribution in [0.15, 0.2) is 48.5 Å². The molecule has 8 nitrogen and oxygen atoms in total. The molecular formula is C22H19N3O5. The van der Waals surface area contributed by atoms with E-state index in [-0.39, 0.29) is 23.4 Å². The van der Waals surface area contributed by atoms with E-state index in [2.05, 4.69) is 11.2 Å². The highest BCUT2D eigenvalue weighted by atomic mass is 16.5.